The van der Waals surface area contributed by atoms with Crippen molar-refractivity contribution >= 4 is 18.0 Å². The van der Waals surface area contributed by atoms with Crippen molar-refractivity contribution < 1.29 is 23.5 Å². The Labute approximate surface area is 185 Å². The van der Waals surface area contributed by atoms with E-state index in [1.165, 1.54) is 18.2 Å². The van der Waals surface area contributed by atoms with Gasteiger partial charge in [0.15, 0.2) is 6.61 Å². The van der Waals surface area contributed by atoms with Crippen molar-refractivity contribution in [2.75, 3.05) is 13.7 Å². The number of carbonyl (C=O) groups excluding carboxylic acids is 2. The fourth-order valence-corrected chi connectivity index (χ4v) is 3.10. The maximum absolute atomic E-state index is 13.2. The number of rotatable bonds is 8. The van der Waals surface area contributed by atoms with Crippen LogP contribution in [0.5, 0.6) is 5.75 Å². The lowest BCUT2D eigenvalue weighted by Crippen LogP contribution is -2.28. The highest BCUT2D eigenvalue weighted by Gasteiger charge is 2.12. The van der Waals surface area contributed by atoms with Crippen molar-refractivity contribution in [3.63, 3.8) is 0 Å². The SMILES string of the molecule is COc1cccc(CNC(=O)COC(=O)/C=C/c2c(C)nn(-c3ccc(F)cc3)c2C)c1. The largest absolute Gasteiger partial charge is 0.497 e. The third kappa shape index (κ3) is 5.81. The number of amides is 1. The summed E-state index contributed by atoms with van der Waals surface area (Å²) < 4.78 is 25.0. The third-order valence-electron chi connectivity index (χ3n) is 4.77. The summed E-state index contributed by atoms with van der Waals surface area (Å²) in [7, 11) is 1.57. The average Bonchev–Trinajstić information content (AvgIpc) is 3.08. The van der Waals surface area contributed by atoms with Gasteiger partial charge in [0, 0.05) is 23.9 Å². The predicted molar refractivity (Wildman–Crippen MR) is 118 cm³/mol. The molecule has 0 unspecified atom stereocenters. The van der Waals surface area contributed by atoms with Gasteiger partial charge in [-0.05, 0) is 61.9 Å². The topological polar surface area (TPSA) is 82.4 Å². The molecule has 7 nitrogen and oxygen atoms in total. The van der Waals surface area contributed by atoms with E-state index in [0.717, 1.165) is 16.8 Å². The number of nitrogens with zero attached hydrogens (tertiary/aromatic N) is 2. The number of esters is 1. The smallest absolute Gasteiger partial charge is 0.331 e. The Bertz CT molecular complexity index is 1140. The predicted octanol–water partition coefficient (Wildman–Crippen LogP) is 3.51. The number of ether oxygens (including phenoxy) is 2. The molecular weight excluding hydrogens is 413 g/mol. The number of aromatic nitrogens is 2. The summed E-state index contributed by atoms with van der Waals surface area (Å²) in [5, 5.41) is 7.13. The molecule has 2 aromatic carbocycles. The minimum atomic E-state index is -0.644. The van der Waals surface area contributed by atoms with Crippen LogP contribution in [0.2, 0.25) is 0 Å². The second kappa shape index (κ2) is 10.4. The maximum Gasteiger partial charge on any atom is 0.331 e. The molecule has 3 rings (SSSR count). The van der Waals surface area contributed by atoms with Crippen molar-refractivity contribution in [1.82, 2.24) is 15.1 Å². The molecular formula is C24H24FN3O4. The molecule has 32 heavy (non-hydrogen) atoms. The van der Waals surface area contributed by atoms with E-state index in [1.54, 1.807) is 30.0 Å². The van der Waals surface area contributed by atoms with Gasteiger partial charge in [-0.1, -0.05) is 12.1 Å². The van der Waals surface area contributed by atoms with Crippen LogP contribution >= 0.6 is 0 Å². The standard InChI is InChI=1S/C24H24FN3O4/c1-16-22(17(2)28(27-16)20-9-7-19(25)8-10-20)11-12-24(30)32-15-23(29)26-14-18-5-4-6-21(13-18)31-3/h4-13H,14-15H2,1-3H3,(H,26,29)/b12-11+. The first-order chi connectivity index (χ1) is 15.4. The lowest BCUT2D eigenvalue weighted by atomic mass is 10.2. The molecule has 0 aliphatic rings. The highest BCUT2D eigenvalue weighted by Crippen LogP contribution is 2.19. The van der Waals surface area contributed by atoms with Crippen molar-refractivity contribution in [1.29, 1.82) is 0 Å². The highest BCUT2D eigenvalue weighted by molar-refractivity contribution is 5.89. The number of halogens is 1. The Morgan fingerprint density at radius 2 is 1.91 bits per heavy atom. The van der Waals surface area contributed by atoms with E-state index in [2.05, 4.69) is 10.4 Å². The molecule has 1 amide bonds. The first kappa shape index (κ1) is 22.7. The Morgan fingerprint density at radius 3 is 2.62 bits per heavy atom. The number of aryl methyl sites for hydroxylation is 1. The van der Waals surface area contributed by atoms with Gasteiger partial charge in [0.05, 0.1) is 18.5 Å². The highest BCUT2D eigenvalue weighted by atomic mass is 19.1. The molecule has 8 heteroatoms. The summed E-state index contributed by atoms with van der Waals surface area (Å²) in [6, 6.07) is 13.3. The minimum absolute atomic E-state index is 0.296. The van der Waals surface area contributed by atoms with Gasteiger partial charge >= 0.3 is 5.97 Å². The fraction of sp³-hybridized carbons (Fsp3) is 0.208. The Morgan fingerprint density at radius 1 is 1.16 bits per heavy atom. The zero-order chi connectivity index (χ0) is 23.1. The maximum atomic E-state index is 13.2. The molecule has 0 radical (unpaired) electrons. The van der Waals surface area contributed by atoms with E-state index < -0.39 is 11.9 Å². The van der Waals surface area contributed by atoms with Crippen molar-refractivity contribution in [3.8, 4) is 11.4 Å². The second-order valence-corrected chi connectivity index (χ2v) is 7.04. The summed E-state index contributed by atoms with van der Waals surface area (Å²) in [4.78, 5) is 24.0. The summed E-state index contributed by atoms with van der Waals surface area (Å²) in [5.74, 6) is -0.687. The van der Waals surface area contributed by atoms with Gasteiger partial charge in [-0.2, -0.15) is 5.10 Å². The van der Waals surface area contributed by atoms with Gasteiger partial charge in [0.1, 0.15) is 11.6 Å². The summed E-state index contributed by atoms with van der Waals surface area (Å²) in [6.07, 6.45) is 2.84. The van der Waals surface area contributed by atoms with Gasteiger partial charge < -0.3 is 14.8 Å². The molecule has 1 heterocycles. The molecule has 1 N–H and O–H groups in total. The second-order valence-electron chi connectivity index (χ2n) is 7.04. The van der Waals surface area contributed by atoms with Crippen LogP contribution in [0.25, 0.3) is 11.8 Å². The molecule has 0 saturated carbocycles. The lowest BCUT2D eigenvalue weighted by Gasteiger charge is -2.07. The van der Waals surface area contributed by atoms with Crippen LogP contribution in [0.4, 0.5) is 4.39 Å². The van der Waals surface area contributed by atoms with Gasteiger partial charge in [-0.3, -0.25) is 4.79 Å². The molecule has 0 spiro atoms. The van der Waals surface area contributed by atoms with Gasteiger partial charge in [-0.25, -0.2) is 13.9 Å². The van der Waals surface area contributed by atoms with Gasteiger partial charge in [-0.15, -0.1) is 0 Å². The van der Waals surface area contributed by atoms with Crippen LogP contribution in [0, 0.1) is 19.7 Å². The third-order valence-corrected chi connectivity index (χ3v) is 4.77. The van der Waals surface area contributed by atoms with E-state index in [4.69, 9.17) is 9.47 Å². The average molecular weight is 437 g/mol. The van der Waals surface area contributed by atoms with E-state index >= 15 is 0 Å². The zero-order valence-corrected chi connectivity index (χ0v) is 18.1. The number of nitrogens with one attached hydrogen (secondary N) is 1. The lowest BCUT2D eigenvalue weighted by molar-refractivity contribution is -0.143. The van der Waals surface area contributed by atoms with Gasteiger partial charge in [0.25, 0.3) is 5.91 Å². The van der Waals surface area contributed by atoms with Gasteiger partial charge in [0.2, 0.25) is 0 Å². The zero-order valence-electron chi connectivity index (χ0n) is 18.1. The minimum Gasteiger partial charge on any atom is -0.497 e. The number of hydrogen-bond acceptors (Lipinski definition) is 5. The van der Waals surface area contributed by atoms with E-state index in [1.807, 2.05) is 38.1 Å². The molecule has 0 aliphatic carbocycles. The number of methoxy groups -OCH3 is 1. The monoisotopic (exact) mass is 437 g/mol. The van der Waals surface area contributed by atoms with Crippen LogP contribution in [0.3, 0.4) is 0 Å². The first-order valence-electron chi connectivity index (χ1n) is 9.94. The molecule has 0 fully saturated rings. The first-order valence-corrected chi connectivity index (χ1v) is 9.94. The molecule has 1 aromatic heterocycles. The van der Waals surface area contributed by atoms with E-state index in [0.29, 0.717) is 23.7 Å². The normalized spacial score (nSPS) is 10.9. The summed E-state index contributed by atoms with van der Waals surface area (Å²) in [5.41, 5.74) is 3.81. The van der Waals surface area contributed by atoms with Crippen molar-refractivity contribution in [2.24, 2.45) is 0 Å². The fourth-order valence-electron chi connectivity index (χ4n) is 3.10. The Kier molecular flexibility index (Phi) is 7.38. The number of benzene rings is 2. The molecule has 0 saturated heterocycles. The van der Waals surface area contributed by atoms with Crippen LogP contribution in [0.15, 0.2) is 54.6 Å². The van der Waals surface area contributed by atoms with Crippen LogP contribution in [0.1, 0.15) is 22.5 Å². The van der Waals surface area contributed by atoms with Crippen LogP contribution in [-0.4, -0.2) is 35.4 Å². The summed E-state index contributed by atoms with van der Waals surface area (Å²) >= 11 is 0. The van der Waals surface area contributed by atoms with Crippen LogP contribution in [-0.2, 0) is 20.9 Å². The van der Waals surface area contributed by atoms with Crippen LogP contribution < -0.4 is 10.1 Å². The summed E-state index contributed by atoms with van der Waals surface area (Å²) in [6.45, 7) is 3.56. The molecule has 0 aliphatic heterocycles. The van der Waals surface area contributed by atoms with Crippen molar-refractivity contribution in [3.05, 3.63) is 82.9 Å². The number of carbonyl (C=O) groups is 2. The molecule has 3 aromatic rings. The molecule has 166 valence electrons. The van der Waals surface area contributed by atoms with E-state index in [9.17, 15) is 14.0 Å². The number of hydrogen-bond donors (Lipinski definition) is 1. The Balaban J connectivity index is 1.54. The molecule has 0 atom stereocenters. The Hall–Kier alpha value is -3.94. The van der Waals surface area contributed by atoms with Crippen molar-refractivity contribution in [2.45, 2.75) is 20.4 Å². The molecule has 0 bridgehead atoms. The quantitative estimate of drug-likeness (QED) is 0.431. The van der Waals surface area contributed by atoms with E-state index in [-0.39, 0.29) is 12.4 Å².